The molecule has 8 heteroatoms. The maximum atomic E-state index is 13.4. The summed E-state index contributed by atoms with van der Waals surface area (Å²) in [5.74, 6) is 3.87. The van der Waals surface area contributed by atoms with Gasteiger partial charge in [-0.25, -0.2) is 21.9 Å². The minimum absolute atomic E-state index is 0.00156. The van der Waals surface area contributed by atoms with Crippen LogP contribution in [0.1, 0.15) is 5.56 Å². The van der Waals surface area contributed by atoms with Gasteiger partial charge in [0.1, 0.15) is 11.6 Å². The predicted molar refractivity (Wildman–Crippen MR) is 74.6 cm³/mol. The van der Waals surface area contributed by atoms with E-state index in [2.05, 4.69) is 10.1 Å². The molecule has 0 saturated heterocycles. The monoisotopic (exact) mass is 313 g/mol. The third kappa shape index (κ3) is 3.75. The van der Waals surface area contributed by atoms with E-state index in [1.54, 1.807) is 0 Å². The van der Waals surface area contributed by atoms with Crippen LogP contribution in [0.4, 0.5) is 14.5 Å². The first-order valence-corrected chi connectivity index (χ1v) is 7.41. The molecule has 4 N–H and O–H groups in total. The van der Waals surface area contributed by atoms with E-state index in [4.69, 9.17) is 5.84 Å². The SMILES string of the molecule is NNc1ccc(S(=O)(=O)NCc2cc(F)ccc2F)cc1. The lowest BCUT2D eigenvalue weighted by Gasteiger charge is -2.08. The molecule has 2 rings (SSSR count). The summed E-state index contributed by atoms with van der Waals surface area (Å²) in [5, 5.41) is 0. The Morgan fingerprint density at radius 3 is 2.33 bits per heavy atom. The molecule has 112 valence electrons. The minimum atomic E-state index is -3.82. The molecule has 2 aromatic rings. The standard InChI is InChI=1S/C13H13F2N3O2S/c14-10-1-6-13(15)9(7-10)8-17-21(19,20)12-4-2-11(18-16)3-5-12/h1-7,17-18H,8,16H2. The van der Waals surface area contributed by atoms with E-state index in [1.165, 1.54) is 24.3 Å². The van der Waals surface area contributed by atoms with Crippen LogP contribution in [0.2, 0.25) is 0 Å². The van der Waals surface area contributed by atoms with Crippen LogP contribution < -0.4 is 16.0 Å². The van der Waals surface area contributed by atoms with Crippen molar-refractivity contribution in [3.63, 3.8) is 0 Å². The molecule has 0 radical (unpaired) electrons. The molecule has 2 aromatic carbocycles. The quantitative estimate of drug-likeness (QED) is 0.580. The molecule has 0 heterocycles. The fourth-order valence-electron chi connectivity index (χ4n) is 1.67. The predicted octanol–water partition coefficient (Wildman–Crippen LogP) is 1.73. The van der Waals surface area contributed by atoms with Crippen LogP contribution in [0.15, 0.2) is 47.4 Å². The number of halogens is 2. The molecule has 0 fully saturated rings. The van der Waals surface area contributed by atoms with Crippen LogP contribution >= 0.6 is 0 Å². The van der Waals surface area contributed by atoms with E-state index in [1.807, 2.05) is 0 Å². The smallest absolute Gasteiger partial charge is 0.240 e. The van der Waals surface area contributed by atoms with Gasteiger partial charge in [-0.1, -0.05) is 0 Å². The summed E-state index contributed by atoms with van der Waals surface area (Å²) in [6, 6.07) is 8.51. The van der Waals surface area contributed by atoms with Crippen LogP contribution in [-0.2, 0) is 16.6 Å². The number of benzene rings is 2. The van der Waals surface area contributed by atoms with Gasteiger partial charge in [0, 0.05) is 17.8 Å². The summed E-state index contributed by atoms with van der Waals surface area (Å²) in [4.78, 5) is -0.00156. The van der Waals surface area contributed by atoms with E-state index < -0.39 is 21.7 Å². The average molecular weight is 313 g/mol. The summed E-state index contributed by atoms with van der Waals surface area (Å²) in [5.41, 5.74) is 2.85. The first-order valence-electron chi connectivity index (χ1n) is 5.92. The first kappa shape index (κ1) is 15.4. The van der Waals surface area contributed by atoms with Gasteiger partial charge in [0.05, 0.1) is 4.90 Å². The molecule has 0 spiro atoms. The topological polar surface area (TPSA) is 84.2 Å². The van der Waals surface area contributed by atoms with Crippen molar-refractivity contribution >= 4 is 15.7 Å². The van der Waals surface area contributed by atoms with E-state index in [0.717, 1.165) is 18.2 Å². The number of anilines is 1. The maximum absolute atomic E-state index is 13.4. The first-order chi connectivity index (χ1) is 9.92. The molecule has 0 saturated carbocycles. The Bertz CT molecular complexity index is 734. The van der Waals surface area contributed by atoms with Gasteiger partial charge in [-0.05, 0) is 42.5 Å². The van der Waals surface area contributed by atoms with Gasteiger partial charge < -0.3 is 5.43 Å². The molecule has 0 aliphatic rings. The second kappa shape index (κ2) is 6.17. The second-order valence-electron chi connectivity index (χ2n) is 4.23. The van der Waals surface area contributed by atoms with Crippen molar-refractivity contribution in [1.29, 1.82) is 0 Å². The molecule has 0 aromatic heterocycles. The maximum Gasteiger partial charge on any atom is 0.240 e. The number of hydrazine groups is 1. The van der Waals surface area contributed by atoms with Crippen molar-refractivity contribution in [3.8, 4) is 0 Å². The Morgan fingerprint density at radius 1 is 1.05 bits per heavy atom. The second-order valence-corrected chi connectivity index (χ2v) is 6.00. The van der Waals surface area contributed by atoms with E-state index >= 15 is 0 Å². The lowest BCUT2D eigenvalue weighted by atomic mass is 10.2. The normalized spacial score (nSPS) is 11.4. The molecule has 5 nitrogen and oxygen atoms in total. The van der Waals surface area contributed by atoms with E-state index in [9.17, 15) is 17.2 Å². The number of nitrogens with one attached hydrogen (secondary N) is 2. The summed E-state index contributed by atoms with van der Waals surface area (Å²) < 4.78 is 52.7. The van der Waals surface area contributed by atoms with Crippen molar-refractivity contribution in [2.75, 3.05) is 5.43 Å². The number of sulfonamides is 1. The summed E-state index contributed by atoms with van der Waals surface area (Å²) >= 11 is 0. The van der Waals surface area contributed by atoms with Gasteiger partial charge in [-0.15, -0.1) is 0 Å². The number of nitrogens with two attached hydrogens (primary N) is 1. The van der Waals surface area contributed by atoms with Crippen molar-refractivity contribution in [3.05, 3.63) is 59.7 Å². The van der Waals surface area contributed by atoms with Gasteiger partial charge in [-0.2, -0.15) is 0 Å². The highest BCUT2D eigenvalue weighted by Crippen LogP contribution is 2.15. The highest BCUT2D eigenvalue weighted by molar-refractivity contribution is 7.89. The largest absolute Gasteiger partial charge is 0.324 e. The number of nitrogen functional groups attached to an aromatic ring is 1. The van der Waals surface area contributed by atoms with Gasteiger partial charge in [0.25, 0.3) is 0 Å². The molecule has 0 bridgehead atoms. The lowest BCUT2D eigenvalue weighted by Crippen LogP contribution is -2.23. The summed E-state index contributed by atoms with van der Waals surface area (Å²) in [7, 11) is -3.82. The molecule has 0 amide bonds. The number of rotatable bonds is 5. The van der Waals surface area contributed by atoms with Crippen LogP contribution in [0.5, 0.6) is 0 Å². The van der Waals surface area contributed by atoms with Crippen molar-refractivity contribution in [2.24, 2.45) is 5.84 Å². The molecule has 0 aliphatic carbocycles. The molecule has 0 unspecified atom stereocenters. The average Bonchev–Trinajstić information content (AvgIpc) is 2.48. The van der Waals surface area contributed by atoms with E-state index in [0.29, 0.717) is 5.69 Å². The Balaban J connectivity index is 2.15. The van der Waals surface area contributed by atoms with Crippen molar-refractivity contribution in [1.82, 2.24) is 4.72 Å². The highest BCUT2D eigenvalue weighted by Gasteiger charge is 2.15. The van der Waals surface area contributed by atoms with E-state index in [-0.39, 0.29) is 17.0 Å². The summed E-state index contributed by atoms with van der Waals surface area (Å²) in [6.07, 6.45) is 0. The highest BCUT2D eigenvalue weighted by atomic mass is 32.2. The third-order valence-electron chi connectivity index (χ3n) is 2.79. The number of hydrogen-bond donors (Lipinski definition) is 3. The zero-order chi connectivity index (χ0) is 15.5. The third-order valence-corrected chi connectivity index (χ3v) is 4.21. The Labute approximate surface area is 120 Å². The summed E-state index contributed by atoms with van der Waals surface area (Å²) in [6.45, 7) is -0.344. The zero-order valence-corrected chi connectivity index (χ0v) is 11.6. The van der Waals surface area contributed by atoms with Crippen molar-refractivity contribution < 1.29 is 17.2 Å². The molecular formula is C13H13F2N3O2S. The molecular weight excluding hydrogens is 300 g/mol. The van der Waals surface area contributed by atoms with Crippen LogP contribution in [0.3, 0.4) is 0 Å². The zero-order valence-electron chi connectivity index (χ0n) is 10.8. The van der Waals surface area contributed by atoms with Crippen molar-refractivity contribution in [2.45, 2.75) is 11.4 Å². The fraction of sp³-hybridized carbons (Fsp3) is 0.0769. The minimum Gasteiger partial charge on any atom is -0.324 e. The Kier molecular flexibility index (Phi) is 4.51. The van der Waals surface area contributed by atoms with Gasteiger partial charge in [0.2, 0.25) is 10.0 Å². The van der Waals surface area contributed by atoms with Crippen LogP contribution in [-0.4, -0.2) is 8.42 Å². The Morgan fingerprint density at radius 2 is 1.71 bits per heavy atom. The molecule has 21 heavy (non-hydrogen) atoms. The van der Waals surface area contributed by atoms with Gasteiger partial charge >= 0.3 is 0 Å². The lowest BCUT2D eigenvalue weighted by molar-refractivity contribution is 0.567. The Hall–Kier alpha value is -2.03. The van der Waals surface area contributed by atoms with Gasteiger partial charge in [0.15, 0.2) is 0 Å². The van der Waals surface area contributed by atoms with Crippen LogP contribution in [0, 0.1) is 11.6 Å². The van der Waals surface area contributed by atoms with Crippen LogP contribution in [0.25, 0.3) is 0 Å². The molecule has 0 aliphatic heterocycles. The molecule has 0 atom stereocenters. The number of hydrogen-bond acceptors (Lipinski definition) is 4. The van der Waals surface area contributed by atoms with Gasteiger partial charge in [-0.3, -0.25) is 5.84 Å². The fourth-order valence-corrected chi connectivity index (χ4v) is 2.67.